The van der Waals surface area contributed by atoms with Gasteiger partial charge in [-0.3, -0.25) is 4.79 Å². The molecule has 0 heterocycles. The average molecular weight is 240 g/mol. The number of hydrogen-bond acceptors (Lipinski definition) is 2. The maximum atomic E-state index is 11.8. The standard InChI is InChI=1S/C14H28N2O/c1-4-13(12-8-6-5-7-9-12)16-14(17)10-15-11(2)3/h11-13,15H,4-10H2,1-3H3,(H,16,17). The summed E-state index contributed by atoms with van der Waals surface area (Å²) in [5, 5.41) is 6.36. The van der Waals surface area contributed by atoms with Crippen molar-refractivity contribution in [2.24, 2.45) is 5.92 Å². The van der Waals surface area contributed by atoms with Crippen LogP contribution in [-0.4, -0.2) is 24.5 Å². The van der Waals surface area contributed by atoms with Crippen molar-refractivity contribution in [1.82, 2.24) is 10.6 Å². The molecule has 0 bridgehead atoms. The molecule has 0 aliphatic heterocycles. The van der Waals surface area contributed by atoms with Gasteiger partial charge in [-0.15, -0.1) is 0 Å². The fourth-order valence-electron chi connectivity index (χ4n) is 2.64. The van der Waals surface area contributed by atoms with Gasteiger partial charge >= 0.3 is 0 Å². The van der Waals surface area contributed by atoms with E-state index in [1.807, 2.05) is 0 Å². The third kappa shape index (κ3) is 5.53. The van der Waals surface area contributed by atoms with Crippen LogP contribution in [0.1, 0.15) is 59.3 Å². The van der Waals surface area contributed by atoms with E-state index in [0.717, 1.165) is 6.42 Å². The van der Waals surface area contributed by atoms with Crippen LogP contribution in [0.5, 0.6) is 0 Å². The van der Waals surface area contributed by atoms with Crippen LogP contribution in [0.4, 0.5) is 0 Å². The smallest absolute Gasteiger partial charge is 0.234 e. The molecule has 0 spiro atoms. The zero-order valence-electron chi connectivity index (χ0n) is 11.6. The average Bonchev–Trinajstić information content (AvgIpc) is 2.34. The molecule has 0 aromatic carbocycles. The zero-order chi connectivity index (χ0) is 12.7. The molecule has 1 unspecified atom stereocenters. The van der Waals surface area contributed by atoms with Crippen LogP contribution in [0.25, 0.3) is 0 Å². The van der Waals surface area contributed by atoms with Crippen LogP contribution in [0, 0.1) is 5.92 Å². The SMILES string of the molecule is CCC(NC(=O)CNC(C)C)C1CCCCC1. The number of amides is 1. The monoisotopic (exact) mass is 240 g/mol. The second-order valence-corrected chi connectivity index (χ2v) is 5.52. The topological polar surface area (TPSA) is 41.1 Å². The number of carbonyl (C=O) groups excluding carboxylic acids is 1. The minimum atomic E-state index is 0.149. The maximum Gasteiger partial charge on any atom is 0.234 e. The molecule has 1 amide bonds. The van der Waals surface area contributed by atoms with E-state index in [4.69, 9.17) is 0 Å². The van der Waals surface area contributed by atoms with Gasteiger partial charge in [0.05, 0.1) is 6.54 Å². The highest BCUT2D eigenvalue weighted by Gasteiger charge is 2.23. The van der Waals surface area contributed by atoms with Gasteiger partial charge in [-0.25, -0.2) is 0 Å². The Balaban J connectivity index is 2.32. The summed E-state index contributed by atoms with van der Waals surface area (Å²) in [6.45, 7) is 6.74. The summed E-state index contributed by atoms with van der Waals surface area (Å²) in [4.78, 5) is 11.8. The minimum Gasteiger partial charge on any atom is -0.352 e. The predicted molar refractivity (Wildman–Crippen MR) is 71.9 cm³/mol. The van der Waals surface area contributed by atoms with E-state index in [1.165, 1.54) is 32.1 Å². The van der Waals surface area contributed by atoms with Crippen molar-refractivity contribution in [3.63, 3.8) is 0 Å². The van der Waals surface area contributed by atoms with Crippen molar-refractivity contribution < 1.29 is 4.79 Å². The molecule has 0 saturated heterocycles. The number of rotatable bonds is 6. The summed E-state index contributed by atoms with van der Waals surface area (Å²) in [6.07, 6.45) is 7.67. The molecule has 3 nitrogen and oxygen atoms in total. The van der Waals surface area contributed by atoms with Gasteiger partial charge in [-0.1, -0.05) is 40.0 Å². The molecule has 1 fully saturated rings. The quantitative estimate of drug-likeness (QED) is 0.749. The van der Waals surface area contributed by atoms with Gasteiger partial charge < -0.3 is 10.6 Å². The minimum absolute atomic E-state index is 0.149. The normalized spacial score (nSPS) is 19.3. The van der Waals surface area contributed by atoms with Crippen LogP contribution in [0.2, 0.25) is 0 Å². The number of nitrogens with one attached hydrogen (secondary N) is 2. The summed E-state index contributed by atoms with van der Waals surface area (Å²) in [6, 6.07) is 0.757. The van der Waals surface area contributed by atoms with E-state index in [1.54, 1.807) is 0 Å². The Bertz CT molecular complexity index is 222. The summed E-state index contributed by atoms with van der Waals surface area (Å²) < 4.78 is 0. The highest BCUT2D eigenvalue weighted by molar-refractivity contribution is 5.78. The molecule has 2 N–H and O–H groups in total. The predicted octanol–water partition coefficient (Wildman–Crippen LogP) is 2.46. The van der Waals surface area contributed by atoms with E-state index in [9.17, 15) is 4.79 Å². The highest BCUT2D eigenvalue weighted by atomic mass is 16.2. The second-order valence-electron chi connectivity index (χ2n) is 5.52. The molecule has 3 heteroatoms. The van der Waals surface area contributed by atoms with Crippen LogP contribution in [0.15, 0.2) is 0 Å². The Kier molecular flexibility index (Phi) is 6.56. The maximum absolute atomic E-state index is 11.8. The lowest BCUT2D eigenvalue weighted by Crippen LogP contribution is -2.45. The summed E-state index contributed by atoms with van der Waals surface area (Å²) in [5.74, 6) is 0.855. The molecule has 0 aromatic rings. The molecule has 0 radical (unpaired) electrons. The van der Waals surface area contributed by atoms with Crippen molar-refractivity contribution in [3.05, 3.63) is 0 Å². The van der Waals surface area contributed by atoms with Crippen LogP contribution in [0.3, 0.4) is 0 Å². The molecule has 0 aromatic heterocycles. The molecule has 1 atom stereocenters. The molecular formula is C14H28N2O. The molecule has 1 saturated carbocycles. The molecule has 100 valence electrons. The Morgan fingerprint density at radius 3 is 2.41 bits per heavy atom. The fourth-order valence-corrected chi connectivity index (χ4v) is 2.64. The first-order chi connectivity index (χ1) is 8.13. The first-order valence-electron chi connectivity index (χ1n) is 7.16. The molecular weight excluding hydrogens is 212 g/mol. The highest BCUT2D eigenvalue weighted by Crippen LogP contribution is 2.27. The lowest BCUT2D eigenvalue weighted by atomic mass is 9.83. The summed E-state index contributed by atoms with van der Waals surface area (Å²) in [5.41, 5.74) is 0. The lowest BCUT2D eigenvalue weighted by molar-refractivity contribution is -0.121. The van der Waals surface area contributed by atoms with Gasteiger partial charge in [-0.2, -0.15) is 0 Å². The Hall–Kier alpha value is -0.570. The van der Waals surface area contributed by atoms with Crippen molar-refractivity contribution >= 4 is 5.91 Å². The zero-order valence-corrected chi connectivity index (χ0v) is 11.6. The van der Waals surface area contributed by atoms with Crippen LogP contribution in [-0.2, 0) is 4.79 Å². The molecule has 1 aliphatic rings. The first kappa shape index (κ1) is 14.5. The van der Waals surface area contributed by atoms with Gasteiger partial charge in [0.25, 0.3) is 0 Å². The Morgan fingerprint density at radius 1 is 1.24 bits per heavy atom. The van der Waals surface area contributed by atoms with Crippen LogP contribution >= 0.6 is 0 Å². The lowest BCUT2D eigenvalue weighted by Gasteiger charge is -2.30. The number of carbonyl (C=O) groups is 1. The summed E-state index contributed by atoms with van der Waals surface area (Å²) >= 11 is 0. The Morgan fingerprint density at radius 2 is 1.88 bits per heavy atom. The summed E-state index contributed by atoms with van der Waals surface area (Å²) in [7, 11) is 0. The van der Waals surface area contributed by atoms with Gasteiger partial charge in [0, 0.05) is 12.1 Å². The van der Waals surface area contributed by atoms with E-state index in [0.29, 0.717) is 24.5 Å². The van der Waals surface area contributed by atoms with E-state index >= 15 is 0 Å². The molecule has 17 heavy (non-hydrogen) atoms. The van der Waals surface area contributed by atoms with Crippen molar-refractivity contribution in [1.29, 1.82) is 0 Å². The second kappa shape index (κ2) is 7.70. The first-order valence-corrected chi connectivity index (χ1v) is 7.16. The fraction of sp³-hybridized carbons (Fsp3) is 0.929. The van der Waals surface area contributed by atoms with Gasteiger partial charge in [0.15, 0.2) is 0 Å². The van der Waals surface area contributed by atoms with Gasteiger partial charge in [0.2, 0.25) is 5.91 Å². The molecule has 1 aliphatic carbocycles. The van der Waals surface area contributed by atoms with Crippen molar-refractivity contribution in [2.45, 2.75) is 71.4 Å². The van der Waals surface area contributed by atoms with E-state index < -0.39 is 0 Å². The third-order valence-electron chi connectivity index (χ3n) is 3.68. The van der Waals surface area contributed by atoms with Crippen molar-refractivity contribution in [3.8, 4) is 0 Å². The van der Waals surface area contributed by atoms with Gasteiger partial charge in [-0.05, 0) is 25.2 Å². The van der Waals surface area contributed by atoms with Crippen molar-refractivity contribution in [2.75, 3.05) is 6.54 Å². The number of hydrogen-bond donors (Lipinski definition) is 2. The third-order valence-corrected chi connectivity index (χ3v) is 3.68. The van der Waals surface area contributed by atoms with Gasteiger partial charge in [0.1, 0.15) is 0 Å². The van der Waals surface area contributed by atoms with E-state index in [2.05, 4.69) is 31.4 Å². The van der Waals surface area contributed by atoms with Crippen LogP contribution < -0.4 is 10.6 Å². The van der Waals surface area contributed by atoms with E-state index in [-0.39, 0.29) is 5.91 Å². The largest absolute Gasteiger partial charge is 0.352 e. The molecule has 1 rings (SSSR count). The Labute approximate surface area is 106 Å².